The van der Waals surface area contributed by atoms with Gasteiger partial charge in [0.1, 0.15) is 5.15 Å². The second kappa shape index (κ2) is 6.20. The number of nitrogens with zero attached hydrogens (tertiary/aromatic N) is 2. The van der Waals surface area contributed by atoms with Gasteiger partial charge in [0.25, 0.3) is 0 Å². The number of guanidine groups is 1. The highest BCUT2D eigenvalue weighted by Gasteiger charge is 2.08. The summed E-state index contributed by atoms with van der Waals surface area (Å²) >= 11 is 11.9. The number of aliphatic imine (C=N–C) groups is 1. The van der Waals surface area contributed by atoms with Crippen LogP contribution in [0.3, 0.4) is 0 Å². The Morgan fingerprint density at radius 2 is 2.10 bits per heavy atom. The van der Waals surface area contributed by atoms with Crippen molar-refractivity contribution in [3.05, 3.63) is 51.8 Å². The molecule has 4 nitrogen and oxygen atoms in total. The minimum absolute atomic E-state index is 0.351. The lowest BCUT2D eigenvalue weighted by Crippen LogP contribution is -2.22. The first-order chi connectivity index (χ1) is 9.47. The molecule has 0 amide bonds. The molecular weight excluding hydrogens is 295 g/mol. The first-order valence-electron chi connectivity index (χ1n) is 6.10. The molecule has 106 valence electrons. The standard InChI is InChI=1S/C14H16Cl2N4/c1-9-4-3-5-10(6-9)19-14(17)18-8-11-7-12(15)13(16)20(11)2/h3-7H,8H2,1-2H3,(H3,17,18,19). The third-order valence-electron chi connectivity index (χ3n) is 2.92. The average Bonchev–Trinajstić information content (AvgIpc) is 2.64. The van der Waals surface area contributed by atoms with Gasteiger partial charge in [-0.1, -0.05) is 35.3 Å². The molecule has 2 aromatic rings. The lowest BCUT2D eigenvalue weighted by atomic mass is 10.2. The number of hydrogen-bond acceptors (Lipinski definition) is 1. The number of nitrogens with one attached hydrogen (secondary N) is 1. The lowest BCUT2D eigenvalue weighted by molar-refractivity contribution is 0.825. The predicted octanol–water partition coefficient (Wildman–Crippen LogP) is 3.57. The van der Waals surface area contributed by atoms with E-state index >= 15 is 0 Å². The SMILES string of the molecule is Cc1cccc(NC(N)=NCc2cc(Cl)c(Cl)n2C)c1. The normalized spacial score (nSPS) is 11.7. The molecule has 0 aliphatic carbocycles. The number of hydrogen-bond donors (Lipinski definition) is 2. The first-order valence-corrected chi connectivity index (χ1v) is 6.86. The zero-order valence-corrected chi connectivity index (χ0v) is 12.8. The van der Waals surface area contributed by atoms with Crippen molar-refractivity contribution in [1.29, 1.82) is 0 Å². The van der Waals surface area contributed by atoms with E-state index in [1.807, 2.05) is 38.2 Å². The van der Waals surface area contributed by atoms with E-state index < -0.39 is 0 Å². The van der Waals surface area contributed by atoms with Crippen molar-refractivity contribution < 1.29 is 0 Å². The number of halogens is 2. The largest absolute Gasteiger partial charge is 0.370 e. The van der Waals surface area contributed by atoms with E-state index in [0.29, 0.717) is 22.7 Å². The summed E-state index contributed by atoms with van der Waals surface area (Å²) < 4.78 is 1.79. The van der Waals surface area contributed by atoms with E-state index in [1.165, 1.54) is 0 Å². The molecule has 3 N–H and O–H groups in total. The molecule has 1 aromatic carbocycles. The molecule has 1 heterocycles. The van der Waals surface area contributed by atoms with Crippen molar-refractivity contribution in [2.75, 3.05) is 5.32 Å². The highest BCUT2D eigenvalue weighted by atomic mass is 35.5. The maximum Gasteiger partial charge on any atom is 0.193 e. The molecule has 0 bridgehead atoms. The summed E-state index contributed by atoms with van der Waals surface area (Å²) in [6.07, 6.45) is 0. The van der Waals surface area contributed by atoms with E-state index in [-0.39, 0.29) is 0 Å². The van der Waals surface area contributed by atoms with E-state index in [0.717, 1.165) is 16.9 Å². The van der Waals surface area contributed by atoms with Gasteiger partial charge in [0, 0.05) is 18.4 Å². The van der Waals surface area contributed by atoms with Gasteiger partial charge in [0.15, 0.2) is 5.96 Å². The van der Waals surface area contributed by atoms with Crippen LogP contribution in [0.2, 0.25) is 10.2 Å². The molecule has 20 heavy (non-hydrogen) atoms. The first kappa shape index (κ1) is 14.8. The van der Waals surface area contributed by atoms with E-state index in [9.17, 15) is 0 Å². The zero-order chi connectivity index (χ0) is 14.7. The van der Waals surface area contributed by atoms with Gasteiger partial charge in [-0.25, -0.2) is 4.99 Å². The number of aromatic nitrogens is 1. The quantitative estimate of drug-likeness (QED) is 0.672. The van der Waals surface area contributed by atoms with Gasteiger partial charge in [-0.15, -0.1) is 0 Å². The molecule has 6 heteroatoms. The molecule has 0 saturated carbocycles. The van der Waals surface area contributed by atoms with Gasteiger partial charge >= 0.3 is 0 Å². The highest BCUT2D eigenvalue weighted by molar-refractivity contribution is 6.41. The summed E-state index contributed by atoms with van der Waals surface area (Å²) in [5.41, 5.74) is 8.83. The van der Waals surface area contributed by atoms with Gasteiger partial charge in [-0.2, -0.15) is 0 Å². The molecule has 0 aliphatic heterocycles. The van der Waals surface area contributed by atoms with Gasteiger partial charge in [0.2, 0.25) is 0 Å². The summed E-state index contributed by atoms with van der Waals surface area (Å²) in [7, 11) is 1.84. The second-order valence-corrected chi connectivity index (χ2v) is 5.29. The van der Waals surface area contributed by atoms with E-state index in [4.69, 9.17) is 28.9 Å². The second-order valence-electron chi connectivity index (χ2n) is 4.53. The number of benzene rings is 1. The van der Waals surface area contributed by atoms with Crippen LogP contribution in [-0.4, -0.2) is 10.5 Å². The Bertz CT molecular complexity index is 647. The van der Waals surface area contributed by atoms with Crippen LogP contribution in [0, 0.1) is 6.92 Å². The maximum absolute atomic E-state index is 6.00. The van der Waals surface area contributed by atoms with Gasteiger partial charge in [-0.05, 0) is 30.7 Å². The Labute approximate surface area is 128 Å². The predicted molar refractivity (Wildman–Crippen MR) is 85.6 cm³/mol. The molecule has 0 unspecified atom stereocenters. The van der Waals surface area contributed by atoms with Crippen molar-refractivity contribution in [2.24, 2.45) is 17.8 Å². The Morgan fingerprint density at radius 1 is 1.35 bits per heavy atom. The van der Waals surface area contributed by atoms with Gasteiger partial charge in [-0.3, -0.25) is 0 Å². The van der Waals surface area contributed by atoms with Crippen molar-refractivity contribution in [2.45, 2.75) is 13.5 Å². The minimum atomic E-state index is 0.351. The topological polar surface area (TPSA) is 55.3 Å². The monoisotopic (exact) mass is 310 g/mol. The van der Waals surface area contributed by atoms with Crippen molar-refractivity contribution in [1.82, 2.24) is 4.57 Å². The fourth-order valence-electron chi connectivity index (χ4n) is 1.82. The van der Waals surface area contributed by atoms with Crippen LogP contribution in [-0.2, 0) is 13.6 Å². The van der Waals surface area contributed by atoms with Crippen molar-refractivity contribution >= 4 is 34.8 Å². The summed E-state index contributed by atoms with van der Waals surface area (Å²) in [5.74, 6) is 0.351. The molecule has 2 rings (SSSR count). The van der Waals surface area contributed by atoms with Crippen LogP contribution < -0.4 is 11.1 Å². The Morgan fingerprint density at radius 3 is 2.70 bits per heavy atom. The van der Waals surface area contributed by atoms with Crippen LogP contribution in [0.5, 0.6) is 0 Å². The minimum Gasteiger partial charge on any atom is -0.370 e. The summed E-state index contributed by atoms with van der Waals surface area (Å²) in [6.45, 7) is 2.43. The Balaban J connectivity index is 2.05. The summed E-state index contributed by atoms with van der Waals surface area (Å²) in [4.78, 5) is 4.28. The molecule has 0 radical (unpaired) electrons. The summed E-state index contributed by atoms with van der Waals surface area (Å²) in [6, 6.07) is 9.70. The molecule has 0 spiro atoms. The highest BCUT2D eigenvalue weighted by Crippen LogP contribution is 2.25. The fourth-order valence-corrected chi connectivity index (χ4v) is 2.23. The number of aryl methyl sites for hydroxylation is 1. The Kier molecular flexibility index (Phi) is 4.57. The zero-order valence-electron chi connectivity index (χ0n) is 11.3. The summed E-state index contributed by atoms with van der Waals surface area (Å²) in [5, 5.41) is 4.07. The number of anilines is 1. The molecule has 0 saturated heterocycles. The van der Waals surface area contributed by atoms with Crippen molar-refractivity contribution in [3.63, 3.8) is 0 Å². The van der Waals surface area contributed by atoms with Crippen molar-refractivity contribution in [3.8, 4) is 0 Å². The third-order valence-corrected chi connectivity index (χ3v) is 3.76. The molecule has 0 atom stereocenters. The van der Waals surface area contributed by atoms with E-state index in [2.05, 4.69) is 10.3 Å². The van der Waals surface area contributed by atoms with E-state index in [1.54, 1.807) is 10.6 Å². The third kappa shape index (κ3) is 3.46. The van der Waals surface area contributed by atoms with Crippen LogP contribution >= 0.6 is 23.2 Å². The average molecular weight is 311 g/mol. The Hall–Kier alpha value is -1.65. The molecule has 1 aromatic heterocycles. The number of nitrogens with two attached hydrogens (primary N) is 1. The fraction of sp³-hybridized carbons (Fsp3) is 0.214. The lowest BCUT2D eigenvalue weighted by Gasteiger charge is -2.07. The molecule has 0 aliphatic rings. The van der Waals surface area contributed by atoms with Crippen LogP contribution in [0.15, 0.2) is 35.3 Å². The van der Waals surface area contributed by atoms with Gasteiger partial charge in [0.05, 0.1) is 11.6 Å². The smallest absolute Gasteiger partial charge is 0.193 e. The van der Waals surface area contributed by atoms with Gasteiger partial charge < -0.3 is 15.6 Å². The van der Waals surface area contributed by atoms with Crippen LogP contribution in [0.25, 0.3) is 0 Å². The molecule has 0 fully saturated rings. The van der Waals surface area contributed by atoms with Crippen LogP contribution in [0.4, 0.5) is 5.69 Å². The van der Waals surface area contributed by atoms with Crippen LogP contribution in [0.1, 0.15) is 11.3 Å². The maximum atomic E-state index is 6.00. The number of rotatable bonds is 3. The molecular formula is C14H16Cl2N4.